The molecule has 0 aliphatic carbocycles. The molecule has 1 aliphatic heterocycles. The van der Waals surface area contributed by atoms with Gasteiger partial charge in [-0.1, -0.05) is 6.07 Å². The van der Waals surface area contributed by atoms with Gasteiger partial charge in [-0.05, 0) is 18.2 Å². The fraction of sp³-hybridized carbons (Fsp3) is 0.250. The molecule has 1 aliphatic rings. The predicted octanol–water partition coefficient (Wildman–Crippen LogP) is 0.629. The standard InChI is InChI=1S/C12H11N3O3/c1-18-7-10-11(16)15(12(17)14-10)9-4-2-3-8(5-9)6-13/h2-5,10H,7H2,1H3,(H,14,17). The minimum Gasteiger partial charge on any atom is -0.382 e. The van der Waals surface area contributed by atoms with E-state index >= 15 is 0 Å². The van der Waals surface area contributed by atoms with E-state index in [4.69, 9.17) is 10.00 Å². The van der Waals surface area contributed by atoms with Gasteiger partial charge in [-0.15, -0.1) is 0 Å². The summed E-state index contributed by atoms with van der Waals surface area (Å²) in [7, 11) is 1.46. The predicted molar refractivity (Wildman–Crippen MR) is 62.8 cm³/mol. The summed E-state index contributed by atoms with van der Waals surface area (Å²) in [6.07, 6.45) is 0. The number of carbonyl (C=O) groups is 2. The van der Waals surface area contributed by atoms with Crippen molar-refractivity contribution >= 4 is 17.6 Å². The third-order valence-electron chi connectivity index (χ3n) is 2.59. The molecule has 1 aromatic rings. The number of ether oxygens (including phenoxy) is 1. The molecule has 0 aromatic heterocycles. The number of methoxy groups -OCH3 is 1. The van der Waals surface area contributed by atoms with Gasteiger partial charge in [-0.3, -0.25) is 4.79 Å². The van der Waals surface area contributed by atoms with Gasteiger partial charge in [-0.2, -0.15) is 5.26 Å². The molecule has 0 bridgehead atoms. The Bertz CT molecular complexity index is 536. The van der Waals surface area contributed by atoms with Gasteiger partial charge in [0.2, 0.25) is 0 Å². The van der Waals surface area contributed by atoms with E-state index in [1.807, 2.05) is 6.07 Å². The van der Waals surface area contributed by atoms with Crippen molar-refractivity contribution in [1.29, 1.82) is 5.26 Å². The van der Waals surface area contributed by atoms with Crippen LogP contribution in [0.1, 0.15) is 5.56 Å². The molecule has 1 atom stereocenters. The Morgan fingerprint density at radius 1 is 1.50 bits per heavy atom. The van der Waals surface area contributed by atoms with Crippen LogP contribution in [0.15, 0.2) is 24.3 Å². The van der Waals surface area contributed by atoms with Crippen molar-refractivity contribution in [2.24, 2.45) is 0 Å². The lowest BCUT2D eigenvalue weighted by Gasteiger charge is -2.12. The zero-order valence-electron chi connectivity index (χ0n) is 9.71. The summed E-state index contributed by atoms with van der Waals surface area (Å²) < 4.78 is 4.86. The van der Waals surface area contributed by atoms with E-state index in [1.165, 1.54) is 13.2 Å². The average Bonchev–Trinajstić information content (AvgIpc) is 2.65. The van der Waals surface area contributed by atoms with E-state index < -0.39 is 12.1 Å². The quantitative estimate of drug-likeness (QED) is 0.792. The summed E-state index contributed by atoms with van der Waals surface area (Å²) in [5.41, 5.74) is 0.776. The second-order valence-electron chi connectivity index (χ2n) is 3.79. The lowest BCUT2D eigenvalue weighted by Crippen LogP contribution is -2.34. The van der Waals surface area contributed by atoms with Crippen molar-refractivity contribution in [1.82, 2.24) is 5.32 Å². The van der Waals surface area contributed by atoms with Crippen molar-refractivity contribution in [2.75, 3.05) is 18.6 Å². The van der Waals surface area contributed by atoms with E-state index in [2.05, 4.69) is 5.32 Å². The van der Waals surface area contributed by atoms with Crippen LogP contribution < -0.4 is 10.2 Å². The van der Waals surface area contributed by atoms with Crippen LogP contribution in [0.2, 0.25) is 0 Å². The van der Waals surface area contributed by atoms with Gasteiger partial charge in [0.1, 0.15) is 6.04 Å². The summed E-state index contributed by atoms with van der Waals surface area (Å²) in [6, 6.07) is 7.11. The van der Waals surface area contributed by atoms with E-state index in [9.17, 15) is 9.59 Å². The van der Waals surface area contributed by atoms with Crippen LogP contribution >= 0.6 is 0 Å². The number of rotatable bonds is 3. The molecule has 1 fully saturated rings. The maximum Gasteiger partial charge on any atom is 0.329 e. The lowest BCUT2D eigenvalue weighted by molar-refractivity contribution is -0.119. The van der Waals surface area contributed by atoms with Gasteiger partial charge in [0.05, 0.1) is 23.9 Å². The molecule has 0 saturated carbocycles. The smallest absolute Gasteiger partial charge is 0.329 e. The molecule has 0 radical (unpaired) electrons. The molecule has 92 valence electrons. The summed E-state index contributed by atoms with van der Waals surface area (Å²) >= 11 is 0. The monoisotopic (exact) mass is 245 g/mol. The normalized spacial score (nSPS) is 18.7. The number of urea groups is 1. The zero-order valence-corrected chi connectivity index (χ0v) is 9.71. The number of carbonyl (C=O) groups excluding carboxylic acids is 2. The van der Waals surface area contributed by atoms with E-state index in [0.29, 0.717) is 11.3 Å². The maximum absolute atomic E-state index is 12.0. The number of hydrogen-bond acceptors (Lipinski definition) is 4. The van der Waals surface area contributed by atoms with Crippen LogP contribution in [0, 0.1) is 11.3 Å². The highest BCUT2D eigenvalue weighted by molar-refractivity contribution is 6.21. The molecule has 0 spiro atoms. The highest BCUT2D eigenvalue weighted by Gasteiger charge is 2.38. The van der Waals surface area contributed by atoms with Crippen molar-refractivity contribution < 1.29 is 14.3 Å². The summed E-state index contributed by atoms with van der Waals surface area (Å²) in [5, 5.41) is 11.3. The molecule has 1 unspecified atom stereocenters. The first-order valence-corrected chi connectivity index (χ1v) is 5.31. The van der Waals surface area contributed by atoms with Crippen LogP contribution in [-0.2, 0) is 9.53 Å². The molecule has 6 heteroatoms. The maximum atomic E-state index is 12.0. The Morgan fingerprint density at radius 3 is 2.94 bits per heavy atom. The Morgan fingerprint density at radius 2 is 2.28 bits per heavy atom. The molecule has 2 rings (SSSR count). The molecule has 1 aromatic carbocycles. The molecule has 18 heavy (non-hydrogen) atoms. The van der Waals surface area contributed by atoms with Crippen molar-refractivity contribution in [3.05, 3.63) is 29.8 Å². The second kappa shape index (κ2) is 4.85. The Labute approximate surface area is 104 Å². The minimum atomic E-state index is -0.673. The first kappa shape index (κ1) is 12.1. The Kier molecular flexibility index (Phi) is 3.26. The highest BCUT2D eigenvalue weighted by Crippen LogP contribution is 2.20. The third-order valence-corrected chi connectivity index (χ3v) is 2.59. The molecule has 3 amide bonds. The summed E-state index contributed by atoms with van der Waals surface area (Å²) in [4.78, 5) is 24.7. The topological polar surface area (TPSA) is 82.4 Å². The van der Waals surface area contributed by atoms with E-state index in [-0.39, 0.29) is 12.5 Å². The highest BCUT2D eigenvalue weighted by atomic mass is 16.5. The zero-order chi connectivity index (χ0) is 13.1. The van der Waals surface area contributed by atoms with Gasteiger partial charge in [0, 0.05) is 7.11 Å². The molecule has 6 nitrogen and oxygen atoms in total. The number of hydrogen-bond donors (Lipinski definition) is 1. The van der Waals surface area contributed by atoms with Crippen LogP contribution in [0.3, 0.4) is 0 Å². The number of amides is 3. The molecular weight excluding hydrogens is 234 g/mol. The van der Waals surface area contributed by atoms with Crippen LogP contribution in [0.25, 0.3) is 0 Å². The lowest BCUT2D eigenvalue weighted by atomic mass is 10.2. The summed E-state index contributed by atoms with van der Waals surface area (Å²) in [6.45, 7) is 0.124. The number of imide groups is 1. The van der Waals surface area contributed by atoms with Gasteiger partial charge >= 0.3 is 6.03 Å². The van der Waals surface area contributed by atoms with Gasteiger partial charge in [0.25, 0.3) is 5.91 Å². The van der Waals surface area contributed by atoms with Crippen molar-refractivity contribution in [2.45, 2.75) is 6.04 Å². The van der Waals surface area contributed by atoms with E-state index in [0.717, 1.165) is 4.90 Å². The number of nitrogens with zero attached hydrogens (tertiary/aromatic N) is 2. The van der Waals surface area contributed by atoms with Gasteiger partial charge in [0.15, 0.2) is 0 Å². The Hall–Kier alpha value is -2.39. The van der Waals surface area contributed by atoms with Gasteiger partial charge in [-0.25, -0.2) is 9.69 Å². The Balaban J connectivity index is 2.30. The molecular formula is C12H11N3O3. The number of nitriles is 1. The van der Waals surface area contributed by atoms with Crippen molar-refractivity contribution in [3.63, 3.8) is 0 Å². The molecule has 1 heterocycles. The first-order chi connectivity index (χ1) is 8.67. The third kappa shape index (κ3) is 2.04. The minimum absolute atomic E-state index is 0.124. The van der Waals surface area contributed by atoms with Crippen LogP contribution in [-0.4, -0.2) is 31.7 Å². The average molecular weight is 245 g/mol. The number of anilines is 1. The molecule has 1 saturated heterocycles. The fourth-order valence-electron chi connectivity index (χ4n) is 1.77. The molecule has 1 N–H and O–H groups in total. The second-order valence-corrected chi connectivity index (χ2v) is 3.79. The SMILES string of the molecule is COCC1NC(=O)N(c2cccc(C#N)c2)C1=O. The van der Waals surface area contributed by atoms with Crippen molar-refractivity contribution in [3.8, 4) is 6.07 Å². The fourth-order valence-corrected chi connectivity index (χ4v) is 1.77. The largest absolute Gasteiger partial charge is 0.382 e. The van der Waals surface area contributed by atoms with Crippen LogP contribution in [0.4, 0.5) is 10.5 Å². The van der Waals surface area contributed by atoms with Crippen LogP contribution in [0.5, 0.6) is 0 Å². The first-order valence-electron chi connectivity index (χ1n) is 5.31. The van der Waals surface area contributed by atoms with E-state index in [1.54, 1.807) is 18.2 Å². The summed E-state index contributed by atoms with van der Waals surface area (Å²) in [5.74, 6) is -0.378. The number of benzene rings is 1. The van der Waals surface area contributed by atoms with Gasteiger partial charge < -0.3 is 10.1 Å². The number of nitrogens with one attached hydrogen (secondary N) is 1.